The van der Waals surface area contributed by atoms with E-state index >= 15 is 0 Å². The van der Waals surface area contributed by atoms with E-state index in [9.17, 15) is 9.90 Å². The van der Waals surface area contributed by atoms with Gasteiger partial charge in [-0.2, -0.15) is 0 Å². The maximum absolute atomic E-state index is 12.6. The lowest BCUT2D eigenvalue weighted by Crippen LogP contribution is -2.35. The molecule has 2 atom stereocenters. The van der Waals surface area contributed by atoms with Gasteiger partial charge in [0.1, 0.15) is 5.52 Å². The number of amides is 1. The zero-order chi connectivity index (χ0) is 26.7. The molecule has 1 saturated heterocycles. The predicted molar refractivity (Wildman–Crippen MR) is 152 cm³/mol. The molecule has 1 amide bonds. The third kappa shape index (κ3) is 4.89. The van der Waals surface area contributed by atoms with Crippen molar-refractivity contribution in [1.29, 1.82) is 0 Å². The summed E-state index contributed by atoms with van der Waals surface area (Å²) in [6, 6.07) is 13.8. The third-order valence-corrected chi connectivity index (χ3v) is 8.98. The summed E-state index contributed by atoms with van der Waals surface area (Å²) in [4.78, 5) is 19.4. The van der Waals surface area contributed by atoms with Crippen molar-refractivity contribution >= 4 is 61.3 Å². The Labute approximate surface area is 233 Å². The van der Waals surface area contributed by atoms with Crippen LogP contribution in [-0.2, 0) is 11.5 Å². The number of oxazole rings is 1. The molecule has 3 heterocycles. The molecule has 1 N–H and O–H groups in total. The van der Waals surface area contributed by atoms with Gasteiger partial charge in [-0.25, -0.2) is 4.98 Å². The van der Waals surface area contributed by atoms with E-state index in [2.05, 4.69) is 56.8 Å². The van der Waals surface area contributed by atoms with Crippen molar-refractivity contribution in [1.82, 2.24) is 14.5 Å². The minimum atomic E-state index is -0.434. The predicted octanol–water partition coefficient (Wildman–Crippen LogP) is 7.51. The van der Waals surface area contributed by atoms with Crippen LogP contribution in [0.25, 0.3) is 22.0 Å². The van der Waals surface area contributed by atoms with E-state index in [1.165, 1.54) is 24.6 Å². The van der Waals surface area contributed by atoms with Crippen molar-refractivity contribution in [3.05, 3.63) is 46.9 Å². The fourth-order valence-corrected chi connectivity index (χ4v) is 7.61. The highest BCUT2D eigenvalue weighted by atomic mass is 79.9. The quantitative estimate of drug-likeness (QED) is 0.183. The normalized spacial score (nSPS) is 23.2. The molecule has 2 aromatic carbocycles. The van der Waals surface area contributed by atoms with Crippen LogP contribution in [0.15, 0.2) is 66.8 Å². The first-order chi connectivity index (χ1) is 18.1. The molecule has 4 aromatic rings. The number of carbonyl (C=O) groups is 1. The van der Waals surface area contributed by atoms with E-state index in [0.29, 0.717) is 34.6 Å². The van der Waals surface area contributed by atoms with Crippen LogP contribution in [-0.4, -0.2) is 43.8 Å². The molecule has 38 heavy (non-hydrogen) atoms. The third-order valence-electron chi connectivity index (χ3n) is 7.67. The Bertz CT molecular complexity index is 1540. The Morgan fingerprint density at radius 2 is 2.05 bits per heavy atom. The van der Waals surface area contributed by atoms with Gasteiger partial charge in [0.25, 0.3) is 11.1 Å². The first kappa shape index (κ1) is 25.6. The number of benzene rings is 2. The fourth-order valence-electron chi connectivity index (χ4n) is 6.63. The molecule has 8 nitrogen and oxygen atoms in total. The molecule has 0 spiro atoms. The Morgan fingerprint density at radius 1 is 1.24 bits per heavy atom. The Balaban J connectivity index is 1.23. The number of hydrogen-bond donors (Lipinski definition) is 1. The Hall–Kier alpha value is -2.69. The van der Waals surface area contributed by atoms with E-state index in [0.717, 1.165) is 33.9 Å². The minimum Gasteiger partial charge on any atom is -0.493 e. The Morgan fingerprint density at radius 3 is 2.87 bits per heavy atom. The summed E-state index contributed by atoms with van der Waals surface area (Å²) in [7, 11) is 0. The van der Waals surface area contributed by atoms with Crippen LogP contribution in [0.5, 0.6) is 5.88 Å². The molecule has 6 rings (SSSR count). The minimum absolute atomic E-state index is 0.0205. The molecular weight excluding hydrogens is 566 g/mol. The van der Waals surface area contributed by atoms with Crippen LogP contribution in [0.4, 0.5) is 5.69 Å². The van der Waals surface area contributed by atoms with Crippen LogP contribution in [0.3, 0.4) is 0 Å². The number of aromatic hydroxyl groups is 1. The second kappa shape index (κ2) is 9.50. The number of azo groups is 1. The van der Waals surface area contributed by atoms with Crippen LogP contribution < -0.4 is 0 Å². The summed E-state index contributed by atoms with van der Waals surface area (Å²) in [6.45, 7) is 8.67. The van der Waals surface area contributed by atoms with Crippen molar-refractivity contribution in [3.8, 4) is 5.88 Å². The number of carbonyl (C=O) groups excluding carboxylic acids is 1. The molecule has 2 aromatic heterocycles. The highest BCUT2D eigenvalue weighted by Gasteiger charge is 2.49. The van der Waals surface area contributed by atoms with E-state index in [4.69, 9.17) is 4.42 Å². The van der Waals surface area contributed by atoms with Gasteiger partial charge in [-0.05, 0) is 60.4 Å². The number of aromatic nitrogens is 2. The molecule has 1 aliphatic heterocycles. The molecule has 2 bridgehead atoms. The summed E-state index contributed by atoms with van der Waals surface area (Å²) in [5.74, 6) is -0.383. The van der Waals surface area contributed by atoms with Crippen molar-refractivity contribution in [2.24, 2.45) is 21.1 Å². The molecular formula is C28H30BrN5O3S. The average Bonchev–Trinajstić information content (AvgIpc) is 3.45. The standard InChI is InChI=1S/C28H30BrN5O3S/c1-27(2)11-18-12-28(3,14-27)15-33(18)16-34-21-9-8-17(29)10-19(21)24(25(34)36)32-31-23(35)13-38-26-30-20-6-4-5-7-22(20)37-26/h4-10,18,36H,11-16H2,1-3H3/t18-,28-/m0/s1. The van der Waals surface area contributed by atoms with Crippen LogP contribution in [0, 0.1) is 10.8 Å². The molecule has 0 radical (unpaired) electrons. The molecule has 1 aliphatic carbocycles. The van der Waals surface area contributed by atoms with Gasteiger partial charge in [-0.1, -0.05) is 60.6 Å². The fraction of sp³-hybridized carbons (Fsp3) is 0.429. The van der Waals surface area contributed by atoms with Gasteiger partial charge in [-0.3, -0.25) is 14.3 Å². The number of nitrogens with zero attached hydrogens (tertiary/aromatic N) is 5. The lowest BCUT2D eigenvalue weighted by atomic mass is 9.65. The van der Waals surface area contributed by atoms with E-state index < -0.39 is 5.91 Å². The number of thioether (sulfide) groups is 1. The summed E-state index contributed by atoms with van der Waals surface area (Å²) < 4.78 is 8.42. The first-order valence-electron chi connectivity index (χ1n) is 12.8. The molecule has 1 saturated carbocycles. The van der Waals surface area contributed by atoms with Crippen molar-refractivity contribution in [2.45, 2.75) is 58.0 Å². The summed E-state index contributed by atoms with van der Waals surface area (Å²) in [6.07, 6.45) is 3.54. The van der Waals surface area contributed by atoms with Crippen molar-refractivity contribution in [3.63, 3.8) is 0 Å². The number of rotatable bonds is 6. The summed E-state index contributed by atoms with van der Waals surface area (Å²) >= 11 is 4.70. The Kier molecular flexibility index (Phi) is 6.39. The lowest BCUT2D eigenvalue weighted by molar-refractivity contribution is -0.115. The molecule has 2 fully saturated rings. The van der Waals surface area contributed by atoms with E-state index in [1.54, 1.807) is 0 Å². The topological polar surface area (TPSA) is 96.2 Å². The number of hydrogen-bond acceptors (Lipinski definition) is 7. The average molecular weight is 597 g/mol. The zero-order valence-electron chi connectivity index (χ0n) is 21.6. The first-order valence-corrected chi connectivity index (χ1v) is 14.5. The number of para-hydroxylation sites is 2. The molecule has 10 heteroatoms. The number of likely N-dealkylation sites (tertiary alicyclic amines) is 1. The van der Waals surface area contributed by atoms with Gasteiger partial charge in [0.15, 0.2) is 11.3 Å². The SMILES string of the molecule is CC1(C)C[C@H]2C[C@](C)(CN2Cn2c(O)c(N=NC(=O)CSc3nc4ccccc4o3)c3cc(Br)ccc32)C1. The summed E-state index contributed by atoms with van der Waals surface area (Å²) in [5, 5.41) is 20.6. The molecule has 198 valence electrons. The van der Waals surface area contributed by atoms with E-state index in [-0.39, 0.29) is 17.0 Å². The van der Waals surface area contributed by atoms with Gasteiger partial charge >= 0.3 is 0 Å². The second-order valence-electron chi connectivity index (χ2n) is 11.7. The lowest BCUT2D eigenvalue weighted by Gasteiger charge is -2.40. The van der Waals surface area contributed by atoms with Crippen LogP contribution in [0.1, 0.15) is 40.0 Å². The van der Waals surface area contributed by atoms with Crippen molar-refractivity contribution in [2.75, 3.05) is 12.3 Å². The van der Waals surface area contributed by atoms with Crippen LogP contribution in [0.2, 0.25) is 0 Å². The largest absolute Gasteiger partial charge is 0.493 e. The second-order valence-corrected chi connectivity index (χ2v) is 13.5. The van der Waals surface area contributed by atoms with Crippen molar-refractivity contribution < 1.29 is 14.3 Å². The molecule has 2 aliphatic rings. The van der Waals surface area contributed by atoms with Gasteiger partial charge in [0.2, 0.25) is 5.88 Å². The monoisotopic (exact) mass is 595 g/mol. The number of fused-ring (bicyclic) bond motifs is 4. The molecule has 0 unspecified atom stereocenters. The van der Waals surface area contributed by atoms with E-state index in [1.807, 2.05) is 47.0 Å². The maximum atomic E-state index is 12.6. The number of halogens is 1. The van der Waals surface area contributed by atoms with Crippen LogP contribution >= 0.6 is 27.7 Å². The van der Waals surface area contributed by atoms with Gasteiger partial charge in [0, 0.05) is 22.4 Å². The summed E-state index contributed by atoms with van der Waals surface area (Å²) in [5.41, 5.74) is 3.18. The highest BCUT2D eigenvalue weighted by molar-refractivity contribution is 9.10. The smallest absolute Gasteiger partial charge is 0.275 e. The maximum Gasteiger partial charge on any atom is 0.275 e. The van der Waals surface area contributed by atoms with Gasteiger partial charge < -0.3 is 9.52 Å². The van der Waals surface area contributed by atoms with Gasteiger partial charge in [0.05, 0.1) is 17.9 Å². The highest BCUT2D eigenvalue weighted by Crippen LogP contribution is 2.53. The zero-order valence-corrected chi connectivity index (χ0v) is 24.0. The van der Waals surface area contributed by atoms with Gasteiger partial charge in [-0.15, -0.1) is 10.2 Å².